The minimum atomic E-state index is -1.12. The average molecular weight is 284 g/mol. The Morgan fingerprint density at radius 1 is 1.00 bits per heavy atom. The van der Waals surface area contributed by atoms with E-state index in [0.29, 0.717) is 11.3 Å². The van der Waals surface area contributed by atoms with E-state index in [9.17, 15) is 9.59 Å². The van der Waals surface area contributed by atoms with Gasteiger partial charge in [-0.2, -0.15) is 0 Å². The molecule has 0 radical (unpaired) electrons. The van der Waals surface area contributed by atoms with Crippen LogP contribution in [0.4, 0.5) is 0 Å². The maximum atomic E-state index is 12.5. The van der Waals surface area contributed by atoms with Gasteiger partial charge in [-0.25, -0.2) is 4.79 Å². The van der Waals surface area contributed by atoms with Crippen molar-refractivity contribution in [2.75, 3.05) is 0 Å². The van der Waals surface area contributed by atoms with Crippen LogP contribution in [0.2, 0.25) is 0 Å². The Balaban J connectivity index is 2.39. The molecule has 0 amide bonds. The summed E-state index contributed by atoms with van der Waals surface area (Å²) < 4.78 is 5.55. The number of hydrogen-bond acceptors (Lipinski definition) is 3. The van der Waals surface area contributed by atoms with Crippen LogP contribution in [-0.2, 0) is 0 Å². The molecule has 108 valence electrons. The number of benzene rings is 2. The van der Waals surface area contributed by atoms with Crippen molar-refractivity contribution >= 4 is 11.8 Å². The SMILES string of the molecule is CC(C)Oc1cccc(C(=O)c2ccccc2C(=O)O)c1. The van der Waals surface area contributed by atoms with Gasteiger partial charge in [-0.1, -0.05) is 30.3 Å². The summed E-state index contributed by atoms with van der Waals surface area (Å²) in [5.74, 6) is -0.862. The van der Waals surface area contributed by atoms with Gasteiger partial charge in [0, 0.05) is 11.1 Å². The van der Waals surface area contributed by atoms with Crippen molar-refractivity contribution in [3.8, 4) is 5.75 Å². The maximum Gasteiger partial charge on any atom is 0.336 e. The third-order valence-electron chi connectivity index (χ3n) is 2.87. The largest absolute Gasteiger partial charge is 0.491 e. The number of carboxylic acid groups (broad SMARTS) is 1. The van der Waals surface area contributed by atoms with Gasteiger partial charge in [-0.3, -0.25) is 4.79 Å². The van der Waals surface area contributed by atoms with Crippen LogP contribution in [0.25, 0.3) is 0 Å². The first kappa shape index (κ1) is 14.8. The Hall–Kier alpha value is -2.62. The molecule has 4 nitrogen and oxygen atoms in total. The summed E-state index contributed by atoms with van der Waals surface area (Å²) in [6, 6.07) is 12.9. The molecule has 0 heterocycles. The van der Waals surface area contributed by atoms with Gasteiger partial charge >= 0.3 is 5.97 Å². The van der Waals surface area contributed by atoms with Crippen LogP contribution < -0.4 is 4.74 Å². The van der Waals surface area contributed by atoms with Gasteiger partial charge < -0.3 is 9.84 Å². The van der Waals surface area contributed by atoms with E-state index in [0.717, 1.165) is 0 Å². The number of rotatable bonds is 5. The summed E-state index contributed by atoms with van der Waals surface area (Å²) in [6.45, 7) is 3.79. The van der Waals surface area contributed by atoms with E-state index < -0.39 is 5.97 Å². The third kappa shape index (κ3) is 3.48. The van der Waals surface area contributed by atoms with Crippen molar-refractivity contribution in [1.82, 2.24) is 0 Å². The number of ether oxygens (including phenoxy) is 1. The lowest BCUT2D eigenvalue weighted by Crippen LogP contribution is -2.10. The summed E-state index contributed by atoms with van der Waals surface area (Å²) >= 11 is 0. The summed E-state index contributed by atoms with van der Waals surface area (Å²) in [4.78, 5) is 23.7. The highest BCUT2D eigenvalue weighted by molar-refractivity contribution is 6.14. The highest BCUT2D eigenvalue weighted by Crippen LogP contribution is 2.19. The van der Waals surface area contributed by atoms with E-state index in [4.69, 9.17) is 9.84 Å². The van der Waals surface area contributed by atoms with Crippen LogP contribution in [0.15, 0.2) is 48.5 Å². The summed E-state index contributed by atoms with van der Waals surface area (Å²) in [5, 5.41) is 9.16. The molecule has 4 heteroatoms. The topological polar surface area (TPSA) is 63.6 Å². The Morgan fingerprint density at radius 3 is 2.29 bits per heavy atom. The van der Waals surface area contributed by atoms with Crippen LogP contribution in [0, 0.1) is 0 Å². The highest BCUT2D eigenvalue weighted by Gasteiger charge is 2.17. The molecule has 0 fully saturated rings. The standard InChI is InChI=1S/C17H16O4/c1-11(2)21-13-7-5-6-12(10-13)16(18)14-8-3-4-9-15(14)17(19)20/h3-11H,1-2H3,(H,19,20). The van der Waals surface area contributed by atoms with Gasteiger partial charge in [0.25, 0.3) is 0 Å². The molecule has 0 saturated heterocycles. The van der Waals surface area contributed by atoms with Gasteiger partial charge in [0.2, 0.25) is 0 Å². The molecule has 0 saturated carbocycles. The number of carboxylic acids is 1. The fourth-order valence-electron chi connectivity index (χ4n) is 2.01. The molecular formula is C17H16O4. The Labute approximate surface area is 123 Å². The Bertz CT molecular complexity index is 674. The van der Waals surface area contributed by atoms with Crippen LogP contribution in [0.3, 0.4) is 0 Å². The summed E-state index contributed by atoms with van der Waals surface area (Å²) in [5.41, 5.74) is 0.575. The molecule has 0 aliphatic rings. The smallest absolute Gasteiger partial charge is 0.336 e. The zero-order chi connectivity index (χ0) is 15.4. The Kier molecular flexibility index (Phi) is 4.38. The molecule has 0 spiro atoms. The minimum absolute atomic E-state index is 0.00154. The van der Waals surface area contributed by atoms with Gasteiger partial charge in [-0.15, -0.1) is 0 Å². The quantitative estimate of drug-likeness (QED) is 0.855. The van der Waals surface area contributed by atoms with Crippen molar-refractivity contribution in [1.29, 1.82) is 0 Å². The summed E-state index contributed by atoms with van der Waals surface area (Å²) in [6.07, 6.45) is 0.00154. The van der Waals surface area contributed by atoms with Crippen LogP contribution >= 0.6 is 0 Å². The number of carbonyl (C=O) groups excluding carboxylic acids is 1. The average Bonchev–Trinajstić information content (AvgIpc) is 2.46. The molecule has 0 bridgehead atoms. The number of ketones is 1. The lowest BCUT2D eigenvalue weighted by atomic mass is 9.98. The highest BCUT2D eigenvalue weighted by atomic mass is 16.5. The Morgan fingerprint density at radius 2 is 1.67 bits per heavy atom. The first-order chi connectivity index (χ1) is 9.99. The first-order valence-corrected chi connectivity index (χ1v) is 6.63. The molecule has 2 rings (SSSR count). The second kappa shape index (κ2) is 6.22. The van der Waals surface area contributed by atoms with Crippen molar-refractivity contribution in [3.63, 3.8) is 0 Å². The molecule has 21 heavy (non-hydrogen) atoms. The van der Waals surface area contributed by atoms with E-state index in [-0.39, 0.29) is 23.0 Å². The lowest BCUT2D eigenvalue weighted by Gasteiger charge is -2.11. The molecule has 0 aromatic heterocycles. The van der Waals surface area contributed by atoms with Gasteiger partial charge in [0.1, 0.15) is 5.75 Å². The fraction of sp³-hybridized carbons (Fsp3) is 0.176. The van der Waals surface area contributed by atoms with Crippen molar-refractivity contribution < 1.29 is 19.4 Å². The maximum absolute atomic E-state index is 12.5. The van der Waals surface area contributed by atoms with E-state index in [2.05, 4.69) is 0 Å². The zero-order valence-corrected chi connectivity index (χ0v) is 11.9. The summed E-state index contributed by atoms with van der Waals surface area (Å²) in [7, 11) is 0. The molecule has 2 aromatic rings. The van der Waals surface area contributed by atoms with Crippen LogP contribution in [-0.4, -0.2) is 23.0 Å². The predicted molar refractivity (Wildman–Crippen MR) is 79.0 cm³/mol. The third-order valence-corrected chi connectivity index (χ3v) is 2.87. The molecule has 2 aromatic carbocycles. The lowest BCUT2D eigenvalue weighted by molar-refractivity contribution is 0.0693. The predicted octanol–water partition coefficient (Wildman–Crippen LogP) is 3.40. The van der Waals surface area contributed by atoms with Gasteiger partial charge in [-0.05, 0) is 32.0 Å². The van der Waals surface area contributed by atoms with Crippen LogP contribution in [0.1, 0.15) is 40.1 Å². The van der Waals surface area contributed by atoms with E-state index in [1.165, 1.54) is 12.1 Å². The van der Waals surface area contributed by atoms with Crippen molar-refractivity contribution in [3.05, 3.63) is 65.2 Å². The van der Waals surface area contributed by atoms with Crippen molar-refractivity contribution in [2.45, 2.75) is 20.0 Å². The van der Waals surface area contributed by atoms with E-state index >= 15 is 0 Å². The minimum Gasteiger partial charge on any atom is -0.491 e. The monoisotopic (exact) mass is 284 g/mol. The van der Waals surface area contributed by atoms with E-state index in [1.807, 2.05) is 13.8 Å². The molecule has 0 atom stereocenters. The molecule has 0 aliphatic heterocycles. The molecule has 0 aliphatic carbocycles. The van der Waals surface area contributed by atoms with Gasteiger partial charge in [0.05, 0.1) is 11.7 Å². The second-order valence-corrected chi connectivity index (χ2v) is 4.87. The number of hydrogen-bond donors (Lipinski definition) is 1. The van der Waals surface area contributed by atoms with Crippen LogP contribution in [0.5, 0.6) is 5.75 Å². The number of aromatic carboxylic acids is 1. The van der Waals surface area contributed by atoms with Gasteiger partial charge in [0.15, 0.2) is 5.78 Å². The first-order valence-electron chi connectivity index (χ1n) is 6.63. The number of carbonyl (C=O) groups is 2. The normalized spacial score (nSPS) is 10.4. The van der Waals surface area contributed by atoms with Crippen molar-refractivity contribution in [2.24, 2.45) is 0 Å². The van der Waals surface area contributed by atoms with E-state index in [1.54, 1.807) is 36.4 Å². The molecule has 0 unspecified atom stereocenters. The fourth-order valence-corrected chi connectivity index (χ4v) is 2.01. The molecule has 1 N–H and O–H groups in total. The second-order valence-electron chi connectivity index (χ2n) is 4.87. The molecular weight excluding hydrogens is 268 g/mol. The zero-order valence-electron chi connectivity index (χ0n) is 11.9.